The number of hydrogen-bond donors (Lipinski definition) is 4. The summed E-state index contributed by atoms with van der Waals surface area (Å²) >= 11 is 8.47. The fraction of sp³-hybridized carbons (Fsp3) is 0.162. The molecule has 0 aromatic carbocycles. The predicted octanol–water partition coefficient (Wildman–Crippen LogP) is 5.98. The van der Waals surface area contributed by atoms with Crippen molar-refractivity contribution in [2.75, 3.05) is 32.7 Å². The number of tetrazole rings is 1. The van der Waals surface area contributed by atoms with Crippen LogP contribution in [0.3, 0.4) is 0 Å². The van der Waals surface area contributed by atoms with Crippen molar-refractivity contribution in [3.05, 3.63) is 94.0 Å². The van der Waals surface area contributed by atoms with E-state index in [2.05, 4.69) is 45.3 Å². The Bertz CT molecular complexity index is 2740. The molecule has 0 bridgehead atoms. The number of thiophene rings is 2. The van der Waals surface area contributed by atoms with E-state index in [0.717, 1.165) is 15.6 Å². The Kier molecular flexibility index (Phi) is 18.1. The van der Waals surface area contributed by atoms with Crippen LogP contribution >= 0.6 is 46.7 Å². The highest BCUT2D eigenvalue weighted by atomic mass is 32.2. The number of fused-ring (bicyclic) bond motifs is 2. The minimum atomic E-state index is -1.05. The average molecular weight is 903 g/mol. The summed E-state index contributed by atoms with van der Waals surface area (Å²) in [4.78, 5) is 60.9. The molecular weight excluding hydrogens is 873 g/mol. The lowest BCUT2D eigenvalue weighted by atomic mass is 10.3. The number of ether oxygens (including phenoxy) is 4. The monoisotopic (exact) mass is 902 g/mol. The highest BCUT2D eigenvalue weighted by molar-refractivity contribution is 7.99. The molecule has 0 fully saturated rings. The van der Waals surface area contributed by atoms with Crippen LogP contribution in [0.1, 0.15) is 32.5 Å². The zero-order valence-corrected chi connectivity index (χ0v) is 34.9. The van der Waals surface area contributed by atoms with Crippen LogP contribution in [-0.4, -0.2) is 107 Å². The molecule has 0 spiro atoms. The molecule has 0 unspecified atom stereocenters. The lowest BCUT2D eigenvalue weighted by molar-refractivity contribution is -0.145. The molecule has 0 saturated heterocycles. The first-order valence-electron chi connectivity index (χ1n) is 17.0. The third kappa shape index (κ3) is 13.3. The maximum absolute atomic E-state index is 11.2. The molecule has 312 valence electrons. The number of carbonyl (C=O) groups is 4. The zero-order valence-electron chi connectivity index (χ0n) is 31.6. The maximum atomic E-state index is 11.2. The van der Waals surface area contributed by atoms with E-state index >= 15 is 0 Å². The van der Waals surface area contributed by atoms with Crippen molar-refractivity contribution in [1.82, 2.24) is 40.6 Å². The molecule has 4 N–H and O–H groups in total. The number of nitriles is 2. The van der Waals surface area contributed by atoms with Gasteiger partial charge in [-0.15, -0.1) is 32.9 Å². The van der Waals surface area contributed by atoms with Gasteiger partial charge in [0.25, 0.3) is 0 Å². The van der Waals surface area contributed by atoms with Crippen LogP contribution in [-0.2, 0) is 19.1 Å². The van der Waals surface area contributed by atoms with Crippen LogP contribution in [0.25, 0.3) is 31.1 Å². The Labute approximate surface area is 361 Å². The quantitative estimate of drug-likeness (QED) is 0.0623. The number of methoxy groups -OCH3 is 1. The van der Waals surface area contributed by atoms with Gasteiger partial charge in [0, 0.05) is 24.8 Å². The summed E-state index contributed by atoms with van der Waals surface area (Å²) in [5, 5.41) is 50.2. The molecule has 0 amide bonds. The summed E-state index contributed by atoms with van der Waals surface area (Å²) in [6.45, 7) is 1.39. The Morgan fingerprint density at radius 1 is 0.885 bits per heavy atom. The van der Waals surface area contributed by atoms with Crippen LogP contribution in [0.4, 0.5) is 0 Å². The van der Waals surface area contributed by atoms with E-state index < -0.39 is 30.5 Å². The minimum Gasteiger partial charge on any atom is -0.480 e. The van der Waals surface area contributed by atoms with Gasteiger partial charge in [0.15, 0.2) is 24.7 Å². The zero-order chi connectivity index (χ0) is 44.1. The maximum Gasteiger partial charge on any atom is 0.344 e. The number of nitrogens with zero attached hydrogens (tertiary/aromatic N) is 8. The molecule has 7 rings (SSSR count). The Balaban J connectivity index is 0.000000184. The van der Waals surface area contributed by atoms with Gasteiger partial charge < -0.3 is 34.1 Å². The van der Waals surface area contributed by atoms with Crippen molar-refractivity contribution in [2.24, 2.45) is 0 Å². The van der Waals surface area contributed by atoms with E-state index in [9.17, 15) is 19.2 Å². The fourth-order valence-corrected chi connectivity index (χ4v) is 7.28. The highest BCUT2D eigenvalue weighted by Gasteiger charge is 2.20. The van der Waals surface area contributed by atoms with E-state index in [4.69, 9.17) is 47.2 Å². The molecule has 20 nitrogen and oxygen atoms in total. The number of carboxylic acids is 2. The van der Waals surface area contributed by atoms with Gasteiger partial charge in [-0.2, -0.15) is 15.7 Å². The van der Waals surface area contributed by atoms with E-state index in [-0.39, 0.29) is 22.6 Å². The number of aromatic nitrogens is 8. The van der Waals surface area contributed by atoms with Crippen LogP contribution < -0.4 is 9.47 Å². The van der Waals surface area contributed by atoms with Crippen molar-refractivity contribution in [1.29, 1.82) is 10.5 Å². The van der Waals surface area contributed by atoms with Gasteiger partial charge in [-0.05, 0) is 60.7 Å². The SMILES string of the molecule is CCOC(=O)COc1c(C#N)sc2ncccc12.COC(=O)c1cccnc1SCC#N.O=C(O)COc1c(-c2nn[nH]n2)sc2ncccc12.O=C(O)c1ccc[nH]c1=S. The lowest BCUT2D eigenvalue weighted by Gasteiger charge is -2.04. The number of esters is 2. The normalized spacial score (nSPS) is 9.90. The number of H-pyrrole nitrogens is 2. The first kappa shape index (κ1) is 46.3. The Morgan fingerprint density at radius 3 is 2.13 bits per heavy atom. The van der Waals surface area contributed by atoms with Gasteiger partial charge in [-0.25, -0.2) is 34.1 Å². The second-order valence-electron chi connectivity index (χ2n) is 10.9. The number of aliphatic carboxylic acids is 1. The van der Waals surface area contributed by atoms with Crippen molar-refractivity contribution in [3.63, 3.8) is 0 Å². The van der Waals surface area contributed by atoms with Crippen LogP contribution in [0.15, 0.2) is 78.3 Å². The molecule has 0 saturated carbocycles. The first-order chi connectivity index (χ1) is 29.5. The fourth-order valence-electron chi connectivity index (χ4n) is 4.52. The van der Waals surface area contributed by atoms with Crippen LogP contribution in [0.2, 0.25) is 0 Å². The molecule has 0 radical (unpaired) electrons. The van der Waals surface area contributed by atoms with Gasteiger partial charge in [0.2, 0.25) is 5.82 Å². The second kappa shape index (κ2) is 23.9. The standard InChI is InChI=1S/C12H10N2O3S.C10H7N5O3S.C9H8N2O2S.C6H5NO2S/c1-2-16-10(15)7-17-11-8-4-3-5-14-12(8)18-9(11)6-13;16-6(17)4-18-7-5-2-1-3-11-10(5)19-8(7)9-12-14-15-13-9;1-13-9(12)7-3-2-5-11-8(7)14-6-4-10;8-6(9)4-2-1-3-7-5(4)10/h3-5H,2,7H2,1H3;1-3H,4H2,(H,16,17)(H,12,13,14,15);2-3,5H,6H2,1H3;1-3H,(H,7,10)(H,8,9). The number of carbonyl (C=O) groups excluding carboxylic acids is 2. The number of nitrogens with one attached hydrogen (secondary N) is 2. The molecular formula is C37H30N10O10S4. The number of pyridine rings is 4. The van der Waals surface area contributed by atoms with Crippen molar-refractivity contribution in [3.8, 4) is 34.3 Å². The third-order valence-electron chi connectivity index (χ3n) is 6.97. The number of rotatable bonds is 12. The molecule has 61 heavy (non-hydrogen) atoms. The van der Waals surface area contributed by atoms with Gasteiger partial charge in [0.1, 0.15) is 35.2 Å². The molecule has 7 aromatic heterocycles. The summed E-state index contributed by atoms with van der Waals surface area (Å²) in [7, 11) is 1.31. The molecule has 7 heterocycles. The van der Waals surface area contributed by atoms with Gasteiger partial charge >= 0.3 is 23.9 Å². The molecule has 0 aliphatic rings. The largest absolute Gasteiger partial charge is 0.480 e. The summed E-state index contributed by atoms with van der Waals surface area (Å²) in [6, 6.07) is 17.5. The summed E-state index contributed by atoms with van der Waals surface area (Å²) < 4.78 is 20.3. The van der Waals surface area contributed by atoms with Crippen molar-refractivity contribution >= 4 is 91.0 Å². The third-order valence-corrected chi connectivity index (χ3v) is 10.3. The molecule has 0 aliphatic heterocycles. The number of aromatic amines is 2. The summed E-state index contributed by atoms with van der Waals surface area (Å²) in [5.41, 5.74) is 0.535. The van der Waals surface area contributed by atoms with Crippen molar-refractivity contribution in [2.45, 2.75) is 11.9 Å². The highest BCUT2D eigenvalue weighted by Crippen LogP contribution is 2.42. The van der Waals surface area contributed by atoms with Gasteiger partial charge in [-0.3, -0.25) is 0 Å². The number of thioether (sulfide) groups is 1. The Morgan fingerprint density at radius 2 is 1.54 bits per heavy atom. The van der Waals surface area contributed by atoms with Gasteiger partial charge in [-0.1, -0.05) is 24.0 Å². The van der Waals surface area contributed by atoms with Crippen molar-refractivity contribution < 1.29 is 48.3 Å². The number of aromatic carboxylic acids is 1. The van der Waals surface area contributed by atoms with Gasteiger partial charge in [0.05, 0.1) is 47.4 Å². The topological polar surface area (TPSA) is 302 Å². The molecule has 0 aliphatic carbocycles. The molecule has 7 aromatic rings. The van der Waals surface area contributed by atoms with E-state index in [1.165, 1.54) is 47.6 Å². The first-order valence-corrected chi connectivity index (χ1v) is 20.0. The average Bonchev–Trinajstić information content (AvgIpc) is 4.03. The molecule has 0 atom stereocenters. The Hall–Kier alpha value is -7.38. The van der Waals surface area contributed by atoms with E-state index in [1.807, 2.05) is 12.1 Å². The molecule has 24 heteroatoms. The summed E-state index contributed by atoms with van der Waals surface area (Å²) in [6.07, 6.45) is 6.47. The van der Waals surface area contributed by atoms with E-state index in [1.54, 1.807) is 74.2 Å². The smallest absolute Gasteiger partial charge is 0.344 e. The number of hydrogen-bond acceptors (Lipinski definition) is 20. The minimum absolute atomic E-state index is 0.137. The van der Waals surface area contributed by atoms with Crippen LogP contribution in [0, 0.1) is 27.3 Å². The predicted molar refractivity (Wildman–Crippen MR) is 223 cm³/mol. The summed E-state index contributed by atoms with van der Waals surface area (Å²) in [5.74, 6) is -1.51. The number of carboxylic acid groups (broad SMARTS) is 2. The van der Waals surface area contributed by atoms with E-state index in [0.29, 0.717) is 49.1 Å². The second-order valence-corrected chi connectivity index (χ2v) is 14.2. The van der Waals surface area contributed by atoms with Crippen LogP contribution in [0.5, 0.6) is 11.5 Å². The lowest BCUT2D eigenvalue weighted by Crippen LogP contribution is -2.14.